The first kappa shape index (κ1) is 14.7. The molecular weight excluding hydrogens is 304 g/mol. The molecule has 1 aliphatic heterocycles. The number of hydrogen-bond donors (Lipinski definition) is 0. The molecule has 2 heterocycles. The summed E-state index contributed by atoms with van der Waals surface area (Å²) in [5.41, 5.74) is 0.286. The van der Waals surface area contributed by atoms with Crippen LogP contribution >= 0.6 is 0 Å². The Morgan fingerprint density at radius 1 is 0.958 bits per heavy atom. The molecule has 3 aromatic rings. The number of Topliss-reactive ketones (excluding diaryl/α,β-unsaturated/α-hetero) is 1. The van der Waals surface area contributed by atoms with Crippen molar-refractivity contribution >= 4 is 16.8 Å². The molecular formula is C20H16O4. The number of carbonyl (C=O) groups excluding carboxylic acids is 1. The van der Waals surface area contributed by atoms with Crippen LogP contribution < -0.4 is 10.4 Å². The van der Waals surface area contributed by atoms with Gasteiger partial charge in [-0.3, -0.25) is 4.79 Å². The molecule has 4 rings (SSSR count). The molecule has 1 atom stereocenters. The lowest BCUT2D eigenvalue weighted by Gasteiger charge is -2.31. The number of rotatable bonds is 2. The van der Waals surface area contributed by atoms with Crippen molar-refractivity contribution in [1.29, 1.82) is 0 Å². The van der Waals surface area contributed by atoms with Gasteiger partial charge in [-0.25, -0.2) is 4.79 Å². The number of ketones is 1. The van der Waals surface area contributed by atoms with E-state index >= 15 is 0 Å². The maximum atomic E-state index is 13.3. The van der Waals surface area contributed by atoms with Crippen molar-refractivity contribution in [2.75, 3.05) is 0 Å². The molecule has 4 nitrogen and oxygen atoms in total. The van der Waals surface area contributed by atoms with Crippen LogP contribution in [0, 0.1) is 5.92 Å². The van der Waals surface area contributed by atoms with Crippen LogP contribution in [0.1, 0.15) is 29.8 Å². The SMILES string of the molecule is CC(C)C1(c2ccccc2)Oc2cc3oc(=O)ccc3cc2C1=O. The number of hydrogen-bond acceptors (Lipinski definition) is 4. The first-order valence-electron chi connectivity index (χ1n) is 7.89. The van der Waals surface area contributed by atoms with Crippen LogP contribution in [-0.2, 0) is 5.60 Å². The summed E-state index contributed by atoms with van der Waals surface area (Å²) in [5, 5.41) is 0.706. The maximum Gasteiger partial charge on any atom is 0.336 e. The number of ether oxygens (including phenoxy) is 1. The normalized spacial score (nSPS) is 19.5. The molecule has 0 amide bonds. The average Bonchev–Trinajstić information content (AvgIpc) is 2.87. The van der Waals surface area contributed by atoms with Gasteiger partial charge in [-0.2, -0.15) is 0 Å². The number of carbonyl (C=O) groups is 1. The zero-order valence-electron chi connectivity index (χ0n) is 13.4. The van der Waals surface area contributed by atoms with Crippen molar-refractivity contribution in [3.8, 4) is 5.75 Å². The van der Waals surface area contributed by atoms with E-state index in [4.69, 9.17) is 9.15 Å². The summed E-state index contributed by atoms with van der Waals surface area (Å²) < 4.78 is 11.4. The van der Waals surface area contributed by atoms with Gasteiger partial charge in [0.25, 0.3) is 0 Å². The van der Waals surface area contributed by atoms with E-state index in [0.717, 1.165) is 5.56 Å². The van der Waals surface area contributed by atoms with Gasteiger partial charge in [-0.15, -0.1) is 0 Å². The Balaban J connectivity index is 1.95. The second kappa shape index (κ2) is 5.06. The van der Waals surface area contributed by atoms with E-state index in [-0.39, 0.29) is 11.7 Å². The summed E-state index contributed by atoms with van der Waals surface area (Å²) in [4.78, 5) is 24.7. The second-order valence-electron chi connectivity index (χ2n) is 6.33. The monoisotopic (exact) mass is 320 g/mol. The quantitative estimate of drug-likeness (QED) is 0.672. The van der Waals surface area contributed by atoms with E-state index in [2.05, 4.69) is 0 Å². The Hall–Kier alpha value is -2.88. The van der Waals surface area contributed by atoms with Crippen LogP contribution in [0.4, 0.5) is 0 Å². The summed E-state index contributed by atoms with van der Waals surface area (Å²) in [6.07, 6.45) is 0. The highest BCUT2D eigenvalue weighted by Crippen LogP contribution is 2.46. The molecule has 1 aliphatic rings. The molecule has 0 bridgehead atoms. The van der Waals surface area contributed by atoms with Crippen LogP contribution in [0.15, 0.2) is 63.8 Å². The van der Waals surface area contributed by atoms with Gasteiger partial charge in [-0.1, -0.05) is 44.2 Å². The van der Waals surface area contributed by atoms with Crippen molar-refractivity contribution < 1.29 is 13.9 Å². The molecule has 120 valence electrons. The van der Waals surface area contributed by atoms with Crippen LogP contribution in [0.25, 0.3) is 11.0 Å². The summed E-state index contributed by atoms with van der Waals surface area (Å²) in [6.45, 7) is 3.94. The van der Waals surface area contributed by atoms with Crippen LogP contribution in [0.2, 0.25) is 0 Å². The van der Waals surface area contributed by atoms with E-state index < -0.39 is 11.2 Å². The topological polar surface area (TPSA) is 56.5 Å². The zero-order chi connectivity index (χ0) is 16.9. The molecule has 0 spiro atoms. The van der Waals surface area contributed by atoms with Gasteiger partial charge in [0.1, 0.15) is 11.3 Å². The van der Waals surface area contributed by atoms with E-state index in [0.29, 0.717) is 22.3 Å². The van der Waals surface area contributed by atoms with Crippen molar-refractivity contribution in [2.45, 2.75) is 19.4 Å². The van der Waals surface area contributed by atoms with Crippen LogP contribution in [-0.4, -0.2) is 5.78 Å². The lowest BCUT2D eigenvalue weighted by atomic mass is 9.79. The maximum absolute atomic E-state index is 13.3. The molecule has 0 saturated heterocycles. The van der Waals surface area contributed by atoms with Gasteiger partial charge in [0.2, 0.25) is 5.78 Å². The van der Waals surface area contributed by atoms with Gasteiger partial charge in [0.15, 0.2) is 5.60 Å². The predicted octanol–water partition coefficient (Wildman–Crippen LogP) is 3.92. The van der Waals surface area contributed by atoms with Gasteiger partial charge in [0, 0.05) is 29.0 Å². The molecule has 0 radical (unpaired) electrons. The lowest BCUT2D eigenvalue weighted by Crippen LogP contribution is -2.42. The molecule has 1 aromatic heterocycles. The first-order chi connectivity index (χ1) is 11.5. The standard InChI is InChI=1S/C20H16O4/c1-12(2)20(14-6-4-3-5-7-14)19(22)15-10-13-8-9-18(21)23-16(13)11-17(15)24-20/h3-12H,1-2H3. The molecule has 4 heteroatoms. The number of fused-ring (bicyclic) bond motifs is 2. The Bertz CT molecular complexity index is 1000. The number of benzene rings is 2. The minimum Gasteiger partial charge on any atom is -0.473 e. The second-order valence-corrected chi connectivity index (χ2v) is 6.33. The van der Waals surface area contributed by atoms with E-state index in [1.807, 2.05) is 44.2 Å². The average molecular weight is 320 g/mol. The Morgan fingerprint density at radius 3 is 2.42 bits per heavy atom. The molecule has 2 aromatic carbocycles. The third-order valence-corrected chi connectivity index (χ3v) is 4.59. The highest BCUT2D eigenvalue weighted by Gasteiger charge is 2.51. The summed E-state index contributed by atoms with van der Waals surface area (Å²) in [7, 11) is 0. The van der Waals surface area contributed by atoms with Crippen LogP contribution in [0.5, 0.6) is 5.75 Å². The highest BCUT2D eigenvalue weighted by atomic mass is 16.5. The Morgan fingerprint density at radius 2 is 1.71 bits per heavy atom. The van der Waals surface area contributed by atoms with Crippen molar-refractivity contribution in [3.63, 3.8) is 0 Å². The van der Waals surface area contributed by atoms with E-state index in [1.165, 1.54) is 6.07 Å². The molecule has 0 fully saturated rings. The third kappa shape index (κ3) is 1.92. The summed E-state index contributed by atoms with van der Waals surface area (Å²) in [5.74, 6) is 0.334. The zero-order valence-corrected chi connectivity index (χ0v) is 13.4. The molecule has 0 N–H and O–H groups in total. The van der Waals surface area contributed by atoms with E-state index in [1.54, 1.807) is 18.2 Å². The fourth-order valence-corrected chi connectivity index (χ4v) is 3.37. The van der Waals surface area contributed by atoms with Gasteiger partial charge in [-0.05, 0) is 12.1 Å². The van der Waals surface area contributed by atoms with Gasteiger partial charge in [0.05, 0.1) is 5.56 Å². The first-order valence-corrected chi connectivity index (χ1v) is 7.89. The third-order valence-electron chi connectivity index (χ3n) is 4.59. The van der Waals surface area contributed by atoms with Gasteiger partial charge >= 0.3 is 5.63 Å². The molecule has 1 unspecified atom stereocenters. The minimum absolute atomic E-state index is 0.0603. The molecule has 24 heavy (non-hydrogen) atoms. The van der Waals surface area contributed by atoms with Crippen molar-refractivity contribution in [1.82, 2.24) is 0 Å². The van der Waals surface area contributed by atoms with E-state index in [9.17, 15) is 9.59 Å². The van der Waals surface area contributed by atoms with Crippen molar-refractivity contribution in [3.05, 3.63) is 76.1 Å². The largest absolute Gasteiger partial charge is 0.473 e. The Labute approximate surface area is 138 Å². The lowest BCUT2D eigenvalue weighted by molar-refractivity contribution is 0.0330. The minimum atomic E-state index is -1.05. The fraction of sp³-hybridized carbons (Fsp3) is 0.200. The fourth-order valence-electron chi connectivity index (χ4n) is 3.37. The molecule has 0 saturated carbocycles. The molecule has 0 aliphatic carbocycles. The highest BCUT2D eigenvalue weighted by molar-refractivity contribution is 6.10. The van der Waals surface area contributed by atoms with Crippen molar-refractivity contribution in [2.24, 2.45) is 5.92 Å². The smallest absolute Gasteiger partial charge is 0.336 e. The Kier molecular flexibility index (Phi) is 3.10. The summed E-state index contributed by atoms with van der Waals surface area (Å²) in [6, 6.07) is 15.9. The predicted molar refractivity (Wildman–Crippen MR) is 90.4 cm³/mol. The van der Waals surface area contributed by atoms with Gasteiger partial charge < -0.3 is 9.15 Å². The van der Waals surface area contributed by atoms with Crippen LogP contribution in [0.3, 0.4) is 0 Å². The summed E-state index contributed by atoms with van der Waals surface area (Å²) >= 11 is 0.